The molecule has 1 atom stereocenters. The van der Waals surface area contributed by atoms with Crippen LogP contribution in [-0.2, 0) is 14.3 Å². The van der Waals surface area contributed by atoms with Crippen LogP contribution in [0.15, 0.2) is 54.6 Å². The van der Waals surface area contributed by atoms with E-state index in [1.54, 1.807) is 68.5 Å². The number of anilines is 1. The van der Waals surface area contributed by atoms with Crippen molar-refractivity contribution >= 4 is 23.6 Å². The summed E-state index contributed by atoms with van der Waals surface area (Å²) in [6.45, 7) is 3.68. The third-order valence-electron chi connectivity index (χ3n) is 3.56. The van der Waals surface area contributed by atoms with Crippen molar-refractivity contribution in [2.75, 3.05) is 11.9 Å². The van der Waals surface area contributed by atoms with Crippen molar-refractivity contribution < 1.29 is 19.1 Å². The highest BCUT2D eigenvalue weighted by Gasteiger charge is 2.16. The Morgan fingerprint density at radius 3 is 2.56 bits per heavy atom. The molecule has 6 nitrogen and oxygen atoms in total. The van der Waals surface area contributed by atoms with Crippen molar-refractivity contribution in [2.24, 2.45) is 0 Å². The second-order valence-corrected chi connectivity index (χ2v) is 5.56. The monoisotopic (exact) mass is 364 g/mol. The molecule has 138 valence electrons. The minimum absolute atomic E-state index is 0.327. The molecule has 0 saturated carbocycles. The summed E-state index contributed by atoms with van der Waals surface area (Å²) < 4.78 is 10.4. The number of rotatable bonds is 7. The van der Waals surface area contributed by atoms with E-state index in [4.69, 9.17) is 14.7 Å². The van der Waals surface area contributed by atoms with Crippen molar-refractivity contribution in [3.8, 4) is 11.8 Å². The molecule has 0 radical (unpaired) electrons. The summed E-state index contributed by atoms with van der Waals surface area (Å²) in [6, 6.07) is 15.7. The first-order valence-electron chi connectivity index (χ1n) is 8.45. The van der Waals surface area contributed by atoms with Gasteiger partial charge in [-0.05, 0) is 49.8 Å². The molecular formula is C21H20N2O4. The van der Waals surface area contributed by atoms with Crippen LogP contribution in [0.5, 0.6) is 5.75 Å². The molecule has 0 heterocycles. The van der Waals surface area contributed by atoms with Gasteiger partial charge in [-0.3, -0.25) is 4.79 Å². The quantitative estimate of drug-likeness (QED) is 0.600. The van der Waals surface area contributed by atoms with Crippen LogP contribution in [0.2, 0.25) is 0 Å². The van der Waals surface area contributed by atoms with Gasteiger partial charge >= 0.3 is 5.97 Å². The summed E-state index contributed by atoms with van der Waals surface area (Å²) in [5, 5.41) is 11.8. The fraction of sp³-hybridized carbons (Fsp3) is 0.190. The van der Waals surface area contributed by atoms with Crippen molar-refractivity contribution in [1.82, 2.24) is 0 Å². The highest BCUT2D eigenvalue weighted by atomic mass is 16.5. The molecule has 1 amide bonds. The van der Waals surface area contributed by atoms with Crippen molar-refractivity contribution in [2.45, 2.75) is 20.0 Å². The molecule has 1 N–H and O–H groups in total. The summed E-state index contributed by atoms with van der Waals surface area (Å²) in [5.41, 5.74) is 1.76. The Balaban J connectivity index is 1.95. The number of hydrogen-bond acceptors (Lipinski definition) is 5. The highest BCUT2D eigenvalue weighted by molar-refractivity contribution is 5.94. The van der Waals surface area contributed by atoms with Crippen LogP contribution in [0.1, 0.15) is 25.0 Å². The van der Waals surface area contributed by atoms with Gasteiger partial charge in [-0.25, -0.2) is 4.79 Å². The topological polar surface area (TPSA) is 88.4 Å². The number of amides is 1. The number of para-hydroxylation sites is 1. The Morgan fingerprint density at radius 2 is 1.89 bits per heavy atom. The molecule has 6 heteroatoms. The zero-order valence-corrected chi connectivity index (χ0v) is 15.1. The normalized spacial score (nSPS) is 11.4. The van der Waals surface area contributed by atoms with Gasteiger partial charge in [0.15, 0.2) is 6.10 Å². The third-order valence-corrected chi connectivity index (χ3v) is 3.56. The molecule has 1 unspecified atom stereocenters. The van der Waals surface area contributed by atoms with Gasteiger partial charge in [0, 0.05) is 11.8 Å². The van der Waals surface area contributed by atoms with Crippen molar-refractivity contribution in [1.29, 1.82) is 5.26 Å². The lowest BCUT2D eigenvalue weighted by Crippen LogP contribution is -2.30. The predicted molar refractivity (Wildman–Crippen MR) is 102 cm³/mol. The van der Waals surface area contributed by atoms with Gasteiger partial charge in [-0.1, -0.05) is 24.3 Å². The van der Waals surface area contributed by atoms with Crippen LogP contribution in [0.25, 0.3) is 6.08 Å². The highest BCUT2D eigenvalue weighted by Crippen LogP contribution is 2.19. The summed E-state index contributed by atoms with van der Waals surface area (Å²) in [4.78, 5) is 23.6. The summed E-state index contributed by atoms with van der Waals surface area (Å²) in [5.74, 6) is -0.377. The standard InChI is InChI=1S/C21H20N2O4/c1-3-26-20(24)13-10-16-8-11-18(12-9-16)23-21(25)15(2)27-19-7-5-4-6-17(19)14-22/h4-13,15H,3H2,1-2H3,(H,23,25). The maximum atomic E-state index is 12.3. The zero-order chi connectivity index (χ0) is 19.6. The average Bonchev–Trinajstić information content (AvgIpc) is 2.68. The van der Waals surface area contributed by atoms with Crippen LogP contribution >= 0.6 is 0 Å². The smallest absolute Gasteiger partial charge is 0.330 e. The van der Waals surface area contributed by atoms with Crippen LogP contribution in [0.3, 0.4) is 0 Å². The minimum Gasteiger partial charge on any atom is -0.480 e. The summed E-state index contributed by atoms with van der Waals surface area (Å²) >= 11 is 0. The fourth-order valence-electron chi connectivity index (χ4n) is 2.18. The van der Waals surface area contributed by atoms with Gasteiger partial charge in [0.05, 0.1) is 12.2 Å². The van der Waals surface area contributed by atoms with Crippen LogP contribution in [0.4, 0.5) is 5.69 Å². The number of nitrogens with one attached hydrogen (secondary N) is 1. The van der Waals surface area contributed by atoms with E-state index in [1.807, 2.05) is 6.07 Å². The van der Waals surface area contributed by atoms with Crippen molar-refractivity contribution in [3.63, 3.8) is 0 Å². The van der Waals surface area contributed by atoms with E-state index >= 15 is 0 Å². The molecule has 0 aliphatic heterocycles. The number of esters is 1. The molecule has 0 spiro atoms. The number of ether oxygens (including phenoxy) is 2. The van der Waals surface area contributed by atoms with Gasteiger partial charge in [-0.2, -0.15) is 5.26 Å². The first-order valence-corrected chi connectivity index (χ1v) is 8.45. The molecule has 0 aliphatic carbocycles. The SMILES string of the molecule is CCOC(=O)C=Cc1ccc(NC(=O)C(C)Oc2ccccc2C#N)cc1. The number of carbonyl (C=O) groups is 2. The van der Waals surface area contributed by atoms with Gasteiger partial charge in [0.1, 0.15) is 11.8 Å². The van der Waals surface area contributed by atoms with Gasteiger partial charge < -0.3 is 14.8 Å². The lowest BCUT2D eigenvalue weighted by molar-refractivity contribution is -0.137. The Morgan fingerprint density at radius 1 is 1.19 bits per heavy atom. The molecule has 2 rings (SSSR count). The summed E-state index contributed by atoms with van der Waals surface area (Å²) in [6.07, 6.45) is 2.20. The number of nitrogens with zero attached hydrogens (tertiary/aromatic N) is 1. The van der Waals surface area contributed by atoms with E-state index in [-0.39, 0.29) is 5.91 Å². The zero-order valence-electron chi connectivity index (χ0n) is 15.1. The number of hydrogen-bond donors (Lipinski definition) is 1. The number of benzene rings is 2. The number of nitriles is 1. The predicted octanol–water partition coefficient (Wildman–Crippen LogP) is 3.54. The third kappa shape index (κ3) is 6.01. The minimum atomic E-state index is -0.775. The van der Waals surface area contributed by atoms with Crippen LogP contribution in [-0.4, -0.2) is 24.6 Å². The van der Waals surface area contributed by atoms with E-state index in [9.17, 15) is 9.59 Å². The molecule has 2 aromatic rings. The Hall–Kier alpha value is -3.59. The first-order chi connectivity index (χ1) is 13.0. The Labute approximate surface area is 158 Å². The van der Waals surface area contributed by atoms with E-state index in [0.717, 1.165) is 5.56 Å². The number of carbonyl (C=O) groups excluding carboxylic acids is 2. The lowest BCUT2D eigenvalue weighted by atomic mass is 10.2. The van der Waals surface area contributed by atoms with Crippen LogP contribution in [0, 0.1) is 11.3 Å². The molecule has 0 bridgehead atoms. The maximum Gasteiger partial charge on any atom is 0.330 e. The van der Waals surface area contributed by atoms with Gasteiger partial charge in [0.2, 0.25) is 0 Å². The van der Waals surface area contributed by atoms with E-state index in [2.05, 4.69) is 5.32 Å². The molecule has 0 saturated heterocycles. The fourth-order valence-corrected chi connectivity index (χ4v) is 2.18. The van der Waals surface area contributed by atoms with Crippen molar-refractivity contribution in [3.05, 3.63) is 65.7 Å². The second-order valence-electron chi connectivity index (χ2n) is 5.56. The molecule has 2 aromatic carbocycles. The molecule has 0 aromatic heterocycles. The molecule has 27 heavy (non-hydrogen) atoms. The van der Waals surface area contributed by atoms with E-state index < -0.39 is 12.1 Å². The van der Waals surface area contributed by atoms with Crippen LogP contribution < -0.4 is 10.1 Å². The average molecular weight is 364 g/mol. The van der Waals surface area contributed by atoms with Gasteiger partial charge in [-0.15, -0.1) is 0 Å². The van der Waals surface area contributed by atoms with E-state index in [1.165, 1.54) is 6.08 Å². The Bertz CT molecular complexity index is 866. The second kappa shape index (κ2) is 9.78. The summed E-state index contributed by atoms with van der Waals surface area (Å²) in [7, 11) is 0. The lowest BCUT2D eigenvalue weighted by Gasteiger charge is -2.15. The molecule has 0 fully saturated rings. The van der Waals surface area contributed by atoms with Gasteiger partial charge in [0.25, 0.3) is 5.91 Å². The molecule has 0 aliphatic rings. The molecular weight excluding hydrogens is 344 g/mol. The largest absolute Gasteiger partial charge is 0.480 e. The maximum absolute atomic E-state index is 12.3. The van der Waals surface area contributed by atoms with E-state index in [0.29, 0.717) is 23.6 Å². The first kappa shape index (κ1) is 19.7. The Kier molecular flexibility index (Phi) is 7.15.